The summed E-state index contributed by atoms with van der Waals surface area (Å²) in [5, 5.41) is 16.0. The number of hydrogen-bond donors (Lipinski definition) is 3. The van der Waals surface area contributed by atoms with Gasteiger partial charge in [0.05, 0.1) is 18.4 Å². The van der Waals surface area contributed by atoms with Crippen LogP contribution in [0.2, 0.25) is 0 Å². The molecule has 0 aliphatic rings. The third kappa shape index (κ3) is 5.75. The number of ether oxygens (including phenoxy) is 1. The van der Waals surface area contributed by atoms with Gasteiger partial charge in [-0.25, -0.2) is 0 Å². The van der Waals surface area contributed by atoms with E-state index in [-0.39, 0.29) is 16.8 Å². The summed E-state index contributed by atoms with van der Waals surface area (Å²) in [6, 6.07) is 8.80. The van der Waals surface area contributed by atoms with Crippen LogP contribution in [0.15, 0.2) is 44.3 Å². The van der Waals surface area contributed by atoms with E-state index in [2.05, 4.69) is 47.5 Å². The molecule has 0 aliphatic heterocycles. The zero-order valence-corrected chi connectivity index (χ0v) is 18.5. The van der Waals surface area contributed by atoms with Gasteiger partial charge in [0, 0.05) is 27.3 Å². The lowest BCUT2D eigenvalue weighted by Crippen LogP contribution is -2.33. The summed E-state index contributed by atoms with van der Waals surface area (Å²) in [5.74, 6) is 0.184. The van der Waals surface area contributed by atoms with Crippen molar-refractivity contribution in [3.8, 4) is 11.5 Å². The number of aromatic hydroxyl groups is 1. The lowest BCUT2D eigenvalue weighted by molar-refractivity contribution is -0.119. The molecule has 27 heavy (non-hydrogen) atoms. The molecule has 1 amide bonds. The molecule has 3 N–H and O–H groups in total. The fraction of sp³-hybridized carbons (Fsp3) is 0.167. The quantitative estimate of drug-likeness (QED) is 0.390. The van der Waals surface area contributed by atoms with E-state index in [4.69, 9.17) is 17.0 Å². The first-order chi connectivity index (χ1) is 12.8. The SMILES string of the molecule is CCC(=O)NC(=S)Nc1ccc(N=Cc2c(O)c(OC)cc(Br)c2Br)cc1. The van der Waals surface area contributed by atoms with Gasteiger partial charge >= 0.3 is 0 Å². The molecule has 0 radical (unpaired) electrons. The summed E-state index contributed by atoms with van der Waals surface area (Å²) in [6.07, 6.45) is 1.90. The zero-order chi connectivity index (χ0) is 20.0. The van der Waals surface area contributed by atoms with Crippen molar-refractivity contribution >= 4 is 72.7 Å². The number of rotatable bonds is 5. The van der Waals surface area contributed by atoms with E-state index in [1.165, 1.54) is 7.11 Å². The van der Waals surface area contributed by atoms with E-state index in [0.29, 0.717) is 27.9 Å². The van der Waals surface area contributed by atoms with Crippen LogP contribution in [-0.4, -0.2) is 29.5 Å². The minimum atomic E-state index is -0.149. The summed E-state index contributed by atoms with van der Waals surface area (Å²) in [6.45, 7) is 1.75. The number of amides is 1. The maximum atomic E-state index is 11.3. The third-order valence-corrected chi connectivity index (χ3v) is 5.67. The highest BCUT2D eigenvalue weighted by atomic mass is 79.9. The van der Waals surface area contributed by atoms with Crippen molar-refractivity contribution in [2.45, 2.75) is 13.3 Å². The average Bonchev–Trinajstić information content (AvgIpc) is 2.65. The number of nitrogens with zero attached hydrogens (tertiary/aromatic N) is 1. The number of nitrogens with one attached hydrogen (secondary N) is 2. The first kappa shape index (κ1) is 21.3. The molecule has 9 heteroatoms. The number of hydrogen-bond acceptors (Lipinski definition) is 5. The van der Waals surface area contributed by atoms with E-state index >= 15 is 0 Å². The summed E-state index contributed by atoms with van der Waals surface area (Å²) in [5.41, 5.74) is 1.89. The molecule has 0 saturated carbocycles. The van der Waals surface area contributed by atoms with Gasteiger partial charge in [0.1, 0.15) is 0 Å². The number of halogens is 2. The number of phenolic OH excluding ortho intramolecular Hbond substituents is 1. The smallest absolute Gasteiger partial charge is 0.225 e. The number of anilines is 1. The first-order valence-electron chi connectivity index (χ1n) is 7.85. The standard InChI is InChI=1S/C18H17Br2N3O3S/c1-3-15(24)23-18(27)22-11-6-4-10(5-7-11)21-9-12-16(20)13(19)8-14(26-2)17(12)25/h4-9,25H,3H2,1-2H3,(H2,22,23,24,27). The van der Waals surface area contributed by atoms with Crippen LogP contribution in [0.4, 0.5) is 11.4 Å². The van der Waals surface area contributed by atoms with Crippen molar-refractivity contribution in [2.75, 3.05) is 12.4 Å². The van der Waals surface area contributed by atoms with Gasteiger partial charge in [-0.3, -0.25) is 9.79 Å². The zero-order valence-electron chi connectivity index (χ0n) is 14.5. The maximum Gasteiger partial charge on any atom is 0.225 e. The molecule has 142 valence electrons. The van der Waals surface area contributed by atoms with E-state index in [1.54, 1.807) is 43.5 Å². The molecule has 0 heterocycles. The number of methoxy groups -OCH3 is 1. The molecule has 0 aromatic heterocycles. The Balaban J connectivity index is 2.14. The van der Waals surface area contributed by atoms with Crippen molar-refractivity contribution in [3.63, 3.8) is 0 Å². The summed E-state index contributed by atoms with van der Waals surface area (Å²) < 4.78 is 6.55. The normalized spacial score (nSPS) is 10.7. The monoisotopic (exact) mass is 513 g/mol. The highest BCUT2D eigenvalue weighted by molar-refractivity contribution is 9.13. The molecule has 0 aliphatic carbocycles. The highest BCUT2D eigenvalue weighted by Gasteiger charge is 2.14. The number of aliphatic imine (C=N–C) groups is 1. The Morgan fingerprint density at radius 2 is 2.00 bits per heavy atom. The predicted octanol–water partition coefficient (Wildman–Crippen LogP) is 4.90. The van der Waals surface area contributed by atoms with Gasteiger partial charge in [-0.05, 0) is 74.4 Å². The van der Waals surface area contributed by atoms with Crippen molar-refractivity contribution < 1.29 is 14.6 Å². The molecule has 2 aromatic carbocycles. The van der Waals surface area contributed by atoms with E-state index in [9.17, 15) is 9.90 Å². The van der Waals surface area contributed by atoms with Crippen LogP contribution in [0.25, 0.3) is 0 Å². The van der Waals surface area contributed by atoms with Gasteiger partial charge in [0.25, 0.3) is 0 Å². The second-order valence-corrected chi connectivity index (χ2v) is 7.35. The summed E-state index contributed by atoms with van der Waals surface area (Å²) in [4.78, 5) is 15.7. The summed E-state index contributed by atoms with van der Waals surface area (Å²) >= 11 is 11.9. The largest absolute Gasteiger partial charge is 0.504 e. The Kier molecular flexibility index (Phi) is 7.76. The molecule has 2 rings (SSSR count). The fourth-order valence-electron chi connectivity index (χ4n) is 2.03. The Morgan fingerprint density at radius 1 is 1.33 bits per heavy atom. The number of phenols is 1. The van der Waals surface area contributed by atoms with Crippen LogP contribution in [0, 0.1) is 0 Å². The minimum absolute atomic E-state index is 0.00775. The van der Waals surface area contributed by atoms with E-state index in [0.717, 1.165) is 10.2 Å². The van der Waals surface area contributed by atoms with Crippen molar-refractivity contribution in [2.24, 2.45) is 4.99 Å². The number of carbonyl (C=O) groups is 1. The first-order valence-corrected chi connectivity index (χ1v) is 9.85. The maximum absolute atomic E-state index is 11.3. The lowest BCUT2D eigenvalue weighted by atomic mass is 10.2. The number of thiocarbonyl (C=S) groups is 1. The third-order valence-electron chi connectivity index (χ3n) is 3.45. The average molecular weight is 515 g/mol. The van der Waals surface area contributed by atoms with Crippen LogP contribution in [0.1, 0.15) is 18.9 Å². The van der Waals surface area contributed by atoms with Crippen LogP contribution in [0.3, 0.4) is 0 Å². The Labute approximate surface area is 179 Å². The molecule has 0 fully saturated rings. The molecular formula is C18H17Br2N3O3S. The second-order valence-electron chi connectivity index (χ2n) is 5.30. The highest BCUT2D eigenvalue weighted by Crippen LogP contribution is 2.39. The number of carbonyl (C=O) groups excluding carboxylic acids is 1. The minimum Gasteiger partial charge on any atom is -0.504 e. The Morgan fingerprint density at radius 3 is 2.59 bits per heavy atom. The Hall–Kier alpha value is -1.97. The van der Waals surface area contributed by atoms with Crippen molar-refractivity contribution in [3.05, 3.63) is 44.8 Å². The molecule has 0 unspecified atom stereocenters. The molecule has 0 bridgehead atoms. The van der Waals surface area contributed by atoms with Crippen LogP contribution >= 0.6 is 44.1 Å². The molecule has 0 saturated heterocycles. The van der Waals surface area contributed by atoms with Crippen LogP contribution in [-0.2, 0) is 4.79 Å². The molecule has 6 nitrogen and oxygen atoms in total. The van der Waals surface area contributed by atoms with Crippen LogP contribution in [0.5, 0.6) is 11.5 Å². The van der Waals surface area contributed by atoms with Gasteiger partial charge in [-0.1, -0.05) is 6.92 Å². The second kappa shape index (κ2) is 9.82. The topological polar surface area (TPSA) is 83.0 Å². The fourth-order valence-corrected chi connectivity index (χ4v) is 3.09. The van der Waals surface area contributed by atoms with Crippen molar-refractivity contribution in [1.82, 2.24) is 5.32 Å². The van der Waals surface area contributed by atoms with Gasteiger partial charge in [0.2, 0.25) is 5.91 Å². The summed E-state index contributed by atoms with van der Waals surface area (Å²) in [7, 11) is 1.48. The predicted molar refractivity (Wildman–Crippen MR) is 118 cm³/mol. The van der Waals surface area contributed by atoms with E-state index in [1.807, 2.05) is 0 Å². The molecular weight excluding hydrogens is 498 g/mol. The molecule has 0 spiro atoms. The van der Waals surface area contributed by atoms with E-state index < -0.39 is 0 Å². The van der Waals surface area contributed by atoms with Gasteiger partial charge in [-0.15, -0.1) is 0 Å². The van der Waals surface area contributed by atoms with Gasteiger partial charge in [0.15, 0.2) is 16.6 Å². The molecule has 2 aromatic rings. The molecule has 0 atom stereocenters. The Bertz CT molecular complexity index is 886. The van der Waals surface area contributed by atoms with Gasteiger partial charge in [-0.2, -0.15) is 0 Å². The van der Waals surface area contributed by atoms with Crippen LogP contribution < -0.4 is 15.4 Å². The van der Waals surface area contributed by atoms with Gasteiger partial charge < -0.3 is 20.5 Å². The number of benzene rings is 2. The van der Waals surface area contributed by atoms with Crippen molar-refractivity contribution in [1.29, 1.82) is 0 Å². The lowest BCUT2D eigenvalue weighted by Gasteiger charge is -2.10.